The van der Waals surface area contributed by atoms with Crippen molar-refractivity contribution < 1.29 is 8.22 Å². The SMILES string of the molecule is [2H]C([2H])([2H])C1(C([2H])([2H])[2H])c2ccccc2-c2ccc(-c3c4ccccc4c(-c4cccc(-c5nc6ccccc6n5-c5ccccc5)c4)c4ccccc34)cc21. The van der Waals surface area contributed by atoms with E-state index in [0.29, 0.717) is 22.3 Å². The predicted molar refractivity (Wildman–Crippen MR) is 210 cm³/mol. The highest BCUT2D eigenvalue weighted by atomic mass is 15.1. The fourth-order valence-corrected chi connectivity index (χ4v) is 8.06. The summed E-state index contributed by atoms with van der Waals surface area (Å²) in [5.41, 5.74) is 7.44. The Morgan fingerprint density at radius 1 is 0.480 bits per heavy atom. The van der Waals surface area contributed by atoms with Gasteiger partial charge in [0.1, 0.15) is 5.82 Å². The van der Waals surface area contributed by atoms with E-state index in [4.69, 9.17) is 13.2 Å². The highest BCUT2D eigenvalue weighted by molar-refractivity contribution is 6.21. The number of imidazole rings is 1. The van der Waals surface area contributed by atoms with Crippen molar-refractivity contribution in [1.29, 1.82) is 0 Å². The molecule has 236 valence electrons. The highest BCUT2D eigenvalue weighted by Gasteiger charge is 2.35. The Kier molecular flexibility index (Phi) is 5.04. The molecule has 2 heteroatoms. The van der Waals surface area contributed by atoms with E-state index >= 15 is 0 Å². The van der Waals surface area contributed by atoms with Gasteiger partial charge in [0.05, 0.1) is 11.0 Å². The Morgan fingerprint density at radius 3 is 1.78 bits per heavy atom. The zero-order valence-corrected chi connectivity index (χ0v) is 27.1. The molecule has 9 aromatic rings. The summed E-state index contributed by atoms with van der Waals surface area (Å²) in [6.07, 6.45) is 0. The van der Waals surface area contributed by atoms with Crippen LogP contribution in [0.2, 0.25) is 0 Å². The average Bonchev–Trinajstić information content (AvgIpc) is 3.75. The van der Waals surface area contributed by atoms with Gasteiger partial charge in [-0.05, 0) is 102 Å². The van der Waals surface area contributed by atoms with Gasteiger partial charge in [-0.15, -0.1) is 0 Å². The predicted octanol–water partition coefficient (Wildman–Crippen LogP) is 12.6. The van der Waals surface area contributed by atoms with E-state index in [0.717, 1.165) is 71.9 Å². The van der Waals surface area contributed by atoms with Crippen LogP contribution in [0.4, 0.5) is 0 Å². The molecule has 0 fully saturated rings. The molecule has 0 amide bonds. The van der Waals surface area contributed by atoms with Crippen LogP contribution in [0.25, 0.3) is 83.0 Å². The second-order valence-corrected chi connectivity index (χ2v) is 13.1. The van der Waals surface area contributed by atoms with Crippen molar-refractivity contribution in [3.05, 3.63) is 181 Å². The Morgan fingerprint density at radius 2 is 1.06 bits per heavy atom. The first-order valence-corrected chi connectivity index (χ1v) is 16.9. The van der Waals surface area contributed by atoms with Gasteiger partial charge in [-0.2, -0.15) is 0 Å². The van der Waals surface area contributed by atoms with E-state index in [2.05, 4.69) is 71.3 Å². The molecule has 50 heavy (non-hydrogen) atoms. The minimum Gasteiger partial charge on any atom is -0.292 e. The maximum atomic E-state index is 8.80. The van der Waals surface area contributed by atoms with Crippen LogP contribution < -0.4 is 0 Å². The van der Waals surface area contributed by atoms with Crippen LogP contribution >= 0.6 is 0 Å². The summed E-state index contributed by atoms with van der Waals surface area (Å²) in [7, 11) is 0. The van der Waals surface area contributed by atoms with Crippen LogP contribution in [0.1, 0.15) is 33.1 Å². The number of hydrogen-bond donors (Lipinski definition) is 0. The summed E-state index contributed by atoms with van der Waals surface area (Å²) in [5, 5.41) is 4.01. The highest BCUT2D eigenvalue weighted by Crippen LogP contribution is 2.51. The van der Waals surface area contributed by atoms with Gasteiger partial charge >= 0.3 is 0 Å². The van der Waals surface area contributed by atoms with Crippen LogP contribution in [0.5, 0.6) is 0 Å². The van der Waals surface area contributed by atoms with Crippen LogP contribution in [-0.4, -0.2) is 9.55 Å². The maximum absolute atomic E-state index is 8.80. The summed E-state index contributed by atoms with van der Waals surface area (Å²) in [6.45, 7) is -5.70. The molecular weight excluding hydrogens is 605 g/mol. The molecule has 0 saturated carbocycles. The van der Waals surface area contributed by atoms with Gasteiger partial charge in [0, 0.05) is 24.9 Å². The molecule has 10 rings (SSSR count). The van der Waals surface area contributed by atoms with E-state index in [1.54, 1.807) is 12.1 Å². The van der Waals surface area contributed by atoms with Gasteiger partial charge in [-0.25, -0.2) is 4.98 Å². The maximum Gasteiger partial charge on any atom is 0.145 e. The molecule has 0 radical (unpaired) electrons. The number of para-hydroxylation sites is 3. The quantitative estimate of drug-likeness (QED) is 0.174. The molecule has 0 unspecified atom stereocenters. The minimum atomic E-state index is -2.85. The van der Waals surface area contributed by atoms with Gasteiger partial charge in [0.2, 0.25) is 0 Å². The molecule has 2 nitrogen and oxygen atoms in total. The zero-order valence-electron chi connectivity index (χ0n) is 33.1. The lowest BCUT2D eigenvalue weighted by Gasteiger charge is -2.23. The first-order chi connectivity index (χ1) is 27.1. The van der Waals surface area contributed by atoms with Crippen LogP contribution in [-0.2, 0) is 5.41 Å². The number of fused-ring (bicyclic) bond motifs is 6. The Hall–Kier alpha value is -6.25. The van der Waals surface area contributed by atoms with Gasteiger partial charge < -0.3 is 0 Å². The van der Waals surface area contributed by atoms with Crippen molar-refractivity contribution in [2.75, 3.05) is 0 Å². The van der Waals surface area contributed by atoms with Gasteiger partial charge in [0.25, 0.3) is 0 Å². The lowest BCUT2D eigenvalue weighted by atomic mass is 9.80. The van der Waals surface area contributed by atoms with E-state index in [9.17, 15) is 0 Å². The lowest BCUT2D eigenvalue weighted by molar-refractivity contribution is 0.660. The molecule has 1 heterocycles. The molecule has 1 aromatic heterocycles. The summed E-state index contributed by atoms with van der Waals surface area (Å²) in [5.74, 6) is 0.843. The summed E-state index contributed by atoms with van der Waals surface area (Å²) in [6, 6.07) is 56.4. The lowest BCUT2D eigenvalue weighted by Crippen LogP contribution is -2.14. The Labute approximate surface area is 300 Å². The van der Waals surface area contributed by atoms with Crippen LogP contribution in [0.3, 0.4) is 0 Å². The molecule has 0 spiro atoms. The molecule has 0 aliphatic heterocycles. The van der Waals surface area contributed by atoms with Crippen LogP contribution in [0.15, 0.2) is 170 Å². The largest absolute Gasteiger partial charge is 0.292 e. The molecule has 0 saturated heterocycles. The topological polar surface area (TPSA) is 17.8 Å². The second-order valence-electron chi connectivity index (χ2n) is 13.1. The van der Waals surface area contributed by atoms with Gasteiger partial charge in [0.15, 0.2) is 0 Å². The molecule has 1 aliphatic carbocycles. The van der Waals surface area contributed by atoms with Crippen molar-refractivity contribution >= 4 is 32.6 Å². The van der Waals surface area contributed by atoms with Crippen molar-refractivity contribution in [2.24, 2.45) is 0 Å². The average molecular weight is 645 g/mol. The first kappa shape index (κ1) is 23.2. The molecular formula is C48H34N2. The fourth-order valence-electron chi connectivity index (χ4n) is 8.06. The van der Waals surface area contributed by atoms with E-state index < -0.39 is 19.1 Å². The van der Waals surface area contributed by atoms with Crippen molar-refractivity contribution in [3.8, 4) is 50.5 Å². The third-order valence-electron chi connectivity index (χ3n) is 10.2. The third kappa shape index (κ3) is 4.18. The number of nitrogens with zero attached hydrogens (tertiary/aromatic N) is 2. The fraction of sp³-hybridized carbons (Fsp3) is 0.0625. The zero-order chi connectivity index (χ0) is 38.4. The molecule has 0 bridgehead atoms. The normalized spacial score (nSPS) is 15.4. The Balaban J connectivity index is 1.22. The van der Waals surface area contributed by atoms with Crippen LogP contribution in [0, 0.1) is 0 Å². The first-order valence-electron chi connectivity index (χ1n) is 19.9. The van der Waals surface area contributed by atoms with E-state index in [1.165, 1.54) is 0 Å². The number of benzene rings is 8. The summed E-state index contributed by atoms with van der Waals surface area (Å²) >= 11 is 0. The molecule has 0 N–H and O–H groups in total. The second kappa shape index (κ2) is 10.9. The van der Waals surface area contributed by atoms with E-state index in [-0.39, 0.29) is 0 Å². The monoisotopic (exact) mass is 644 g/mol. The smallest absolute Gasteiger partial charge is 0.145 e. The number of hydrogen-bond acceptors (Lipinski definition) is 1. The molecule has 1 aliphatic rings. The van der Waals surface area contributed by atoms with Crippen molar-refractivity contribution in [2.45, 2.75) is 19.1 Å². The van der Waals surface area contributed by atoms with Crippen molar-refractivity contribution in [3.63, 3.8) is 0 Å². The van der Waals surface area contributed by atoms with Gasteiger partial charge in [-0.1, -0.05) is 147 Å². The van der Waals surface area contributed by atoms with Crippen molar-refractivity contribution in [1.82, 2.24) is 9.55 Å². The summed E-state index contributed by atoms with van der Waals surface area (Å²) < 4.78 is 55.0. The van der Waals surface area contributed by atoms with E-state index in [1.807, 2.05) is 91.0 Å². The number of rotatable bonds is 4. The minimum absolute atomic E-state index is 0.308. The Bertz CT molecular complexity index is 2940. The number of aromatic nitrogens is 2. The van der Waals surface area contributed by atoms with Gasteiger partial charge in [-0.3, -0.25) is 4.57 Å². The standard InChI is InChI=1S/C48H34N2/c1-48(2)41-24-11-10-19-35(41)36-28-27-32(30-42(36)48)46-39-22-8-6-20-37(39)45(38-21-7-9-23-40(38)46)31-15-14-16-33(29-31)47-49-43-25-12-13-26-44(43)50(47)34-17-4-3-5-18-34/h3-30H,1-2H3/i1D3,2D3. The molecule has 8 aromatic carbocycles. The molecule has 0 atom stereocenters. The summed E-state index contributed by atoms with van der Waals surface area (Å²) in [4.78, 5) is 5.14. The third-order valence-corrected chi connectivity index (χ3v) is 10.2.